The Labute approximate surface area is 170 Å². The highest BCUT2D eigenvalue weighted by atomic mass is 35.5. The third-order valence-corrected chi connectivity index (χ3v) is 6.69. The molecule has 2 nitrogen and oxygen atoms in total. The predicted octanol–water partition coefficient (Wildman–Crippen LogP) is 5.08. The van der Waals surface area contributed by atoms with Crippen molar-refractivity contribution in [3.8, 4) is 0 Å². The molecule has 0 aliphatic carbocycles. The minimum Gasteiger partial charge on any atom is -0.303 e. The first-order chi connectivity index (χ1) is 12.8. The second-order valence-corrected chi connectivity index (χ2v) is 8.47. The Balaban J connectivity index is 0.00000280. The molecule has 2 aromatic rings. The smallest absolute Gasteiger partial charge is 0.303 e. The fraction of sp³-hybridized carbons (Fsp3) is 0.400. The van der Waals surface area contributed by atoms with Gasteiger partial charge in [-0.05, 0) is 74.3 Å². The molecule has 0 saturated carbocycles. The van der Waals surface area contributed by atoms with Crippen molar-refractivity contribution in [1.29, 1.82) is 0 Å². The van der Waals surface area contributed by atoms with Crippen LogP contribution in [0.25, 0.3) is 0 Å². The largest absolute Gasteiger partial charge is 0.416 e. The van der Waals surface area contributed by atoms with E-state index in [-0.39, 0.29) is 23.5 Å². The lowest BCUT2D eigenvalue weighted by molar-refractivity contribution is -0.137. The van der Waals surface area contributed by atoms with Crippen LogP contribution in [0.5, 0.6) is 0 Å². The van der Waals surface area contributed by atoms with Gasteiger partial charge >= 0.3 is 6.18 Å². The molecule has 1 unspecified atom stereocenters. The van der Waals surface area contributed by atoms with Crippen LogP contribution in [0.2, 0.25) is 0 Å². The summed E-state index contributed by atoms with van der Waals surface area (Å²) in [4.78, 5) is 2.73. The summed E-state index contributed by atoms with van der Waals surface area (Å²) in [5.41, 5.74) is 0.353. The van der Waals surface area contributed by atoms with Gasteiger partial charge in [-0.15, -0.1) is 12.4 Å². The highest BCUT2D eigenvalue weighted by Crippen LogP contribution is 2.30. The predicted molar refractivity (Wildman–Crippen MR) is 105 cm³/mol. The first kappa shape index (κ1) is 22.8. The maximum absolute atomic E-state index is 12.9. The second kappa shape index (κ2) is 9.85. The number of nitrogens with zero attached hydrogens (tertiary/aromatic N) is 1. The molecular weight excluding hydrogens is 414 g/mol. The number of halogens is 5. The molecule has 0 spiro atoms. The van der Waals surface area contributed by atoms with Gasteiger partial charge in [0.15, 0.2) is 0 Å². The van der Waals surface area contributed by atoms with Crippen molar-refractivity contribution in [3.63, 3.8) is 0 Å². The van der Waals surface area contributed by atoms with Crippen LogP contribution in [0.15, 0.2) is 53.4 Å². The van der Waals surface area contributed by atoms with Gasteiger partial charge in [0.2, 0.25) is 0 Å². The molecule has 8 heteroatoms. The van der Waals surface area contributed by atoms with Crippen molar-refractivity contribution in [1.82, 2.24) is 4.90 Å². The van der Waals surface area contributed by atoms with Gasteiger partial charge in [-0.1, -0.05) is 12.1 Å². The molecule has 3 rings (SSSR count). The average molecular weight is 436 g/mol. The molecule has 0 N–H and O–H groups in total. The third-order valence-electron chi connectivity index (χ3n) is 4.88. The molecule has 1 atom stereocenters. The lowest BCUT2D eigenvalue weighted by Crippen LogP contribution is -2.38. The molecule has 1 heterocycles. The van der Waals surface area contributed by atoms with Gasteiger partial charge in [-0.2, -0.15) is 13.2 Å². The highest BCUT2D eigenvalue weighted by molar-refractivity contribution is 7.85. The minimum atomic E-state index is -4.38. The van der Waals surface area contributed by atoms with Gasteiger partial charge in [-0.3, -0.25) is 4.21 Å². The van der Waals surface area contributed by atoms with E-state index in [4.69, 9.17) is 0 Å². The van der Waals surface area contributed by atoms with Crippen LogP contribution in [-0.4, -0.2) is 34.0 Å². The standard InChI is InChI=1S/C20H21F4NOS.ClH/c21-17-5-1-15(2-6-17)9-12-25-13-10-19(11-14-25)27(26)18-7-3-16(4-8-18)20(22,23)24;/h1-8,19H,9-14H2;1H. The number of alkyl halides is 3. The second-order valence-electron chi connectivity index (χ2n) is 6.74. The van der Waals surface area contributed by atoms with Crippen LogP contribution in [-0.2, 0) is 23.4 Å². The van der Waals surface area contributed by atoms with Gasteiger partial charge in [0, 0.05) is 16.7 Å². The number of likely N-dealkylation sites (tertiary alicyclic amines) is 1. The Bertz CT molecular complexity index is 772. The zero-order chi connectivity index (χ0) is 19.4. The van der Waals surface area contributed by atoms with Crippen LogP contribution in [0.4, 0.5) is 17.6 Å². The van der Waals surface area contributed by atoms with Crippen molar-refractivity contribution in [2.24, 2.45) is 0 Å². The maximum atomic E-state index is 12.9. The quantitative estimate of drug-likeness (QED) is 0.610. The third kappa shape index (κ3) is 6.03. The Hall–Kier alpha value is -1.44. The highest BCUT2D eigenvalue weighted by Gasteiger charge is 2.31. The molecule has 0 amide bonds. The van der Waals surface area contributed by atoms with E-state index in [1.54, 1.807) is 12.1 Å². The van der Waals surface area contributed by atoms with Gasteiger partial charge in [0.05, 0.1) is 16.4 Å². The zero-order valence-corrected chi connectivity index (χ0v) is 16.8. The SMILES string of the molecule is Cl.O=S(c1ccc(C(F)(F)F)cc1)C1CCN(CCc2ccc(F)cc2)CC1. The number of piperidine rings is 1. The monoisotopic (exact) mass is 435 g/mol. The van der Waals surface area contributed by atoms with Crippen LogP contribution in [0, 0.1) is 5.82 Å². The van der Waals surface area contributed by atoms with E-state index in [0.717, 1.165) is 56.6 Å². The van der Waals surface area contributed by atoms with Gasteiger partial charge < -0.3 is 4.90 Å². The number of hydrogen-bond acceptors (Lipinski definition) is 2. The number of rotatable bonds is 5. The summed E-state index contributed by atoms with van der Waals surface area (Å²) in [5, 5.41) is -0.0381. The van der Waals surface area contributed by atoms with Gasteiger partial charge in [0.25, 0.3) is 0 Å². The van der Waals surface area contributed by atoms with Crippen LogP contribution >= 0.6 is 12.4 Å². The molecule has 1 fully saturated rings. The van der Waals surface area contributed by atoms with Crippen LogP contribution < -0.4 is 0 Å². The molecule has 0 aromatic heterocycles. The molecule has 1 aliphatic heterocycles. The molecule has 0 radical (unpaired) electrons. The van der Waals surface area contributed by atoms with E-state index >= 15 is 0 Å². The Morgan fingerprint density at radius 2 is 1.54 bits per heavy atom. The van der Waals surface area contributed by atoms with Crippen molar-refractivity contribution in [3.05, 3.63) is 65.5 Å². The normalized spacial score (nSPS) is 17.1. The molecule has 154 valence electrons. The van der Waals surface area contributed by atoms with E-state index in [0.29, 0.717) is 4.90 Å². The average Bonchev–Trinajstić information content (AvgIpc) is 2.67. The summed E-state index contributed by atoms with van der Waals surface area (Å²) in [5.74, 6) is -0.245. The van der Waals surface area contributed by atoms with Crippen molar-refractivity contribution >= 4 is 23.2 Å². The fourth-order valence-corrected chi connectivity index (χ4v) is 4.68. The van der Waals surface area contributed by atoms with Crippen molar-refractivity contribution in [2.75, 3.05) is 19.6 Å². The number of benzene rings is 2. The van der Waals surface area contributed by atoms with E-state index in [1.807, 2.05) is 0 Å². The van der Waals surface area contributed by atoms with Crippen LogP contribution in [0.1, 0.15) is 24.0 Å². The number of hydrogen-bond donors (Lipinski definition) is 0. The molecule has 0 bridgehead atoms. The minimum absolute atomic E-state index is 0. The Morgan fingerprint density at radius 3 is 2.07 bits per heavy atom. The van der Waals surface area contributed by atoms with Gasteiger partial charge in [0.1, 0.15) is 5.82 Å². The first-order valence-electron chi connectivity index (χ1n) is 8.87. The Morgan fingerprint density at radius 1 is 0.964 bits per heavy atom. The molecule has 2 aromatic carbocycles. The van der Waals surface area contributed by atoms with E-state index < -0.39 is 22.5 Å². The zero-order valence-electron chi connectivity index (χ0n) is 15.1. The fourth-order valence-electron chi connectivity index (χ4n) is 3.26. The summed E-state index contributed by atoms with van der Waals surface area (Å²) in [7, 11) is -1.30. The van der Waals surface area contributed by atoms with E-state index in [9.17, 15) is 21.8 Å². The summed E-state index contributed by atoms with van der Waals surface area (Å²) in [6.45, 7) is 2.46. The summed E-state index contributed by atoms with van der Waals surface area (Å²) < 4.78 is 63.5. The lowest BCUT2D eigenvalue weighted by Gasteiger charge is -2.31. The maximum Gasteiger partial charge on any atom is 0.416 e. The first-order valence-corrected chi connectivity index (χ1v) is 10.1. The van der Waals surface area contributed by atoms with E-state index in [2.05, 4.69) is 4.90 Å². The molecular formula is C20H22ClF4NOS. The summed E-state index contributed by atoms with van der Waals surface area (Å²) in [6, 6.07) is 11.1. The Kier molecular flexibility index (Phi) is 8.04. The molecule has 1 saturated heterocycles. The summed E-state index contributed by atoms with van der Waals surface area (Å²) >= 11 is 0. The van der Waals surface area contributed by atoms with Gasteiger partial charge in [-0.25, -0.2) is 4.39 Å². The van der Waals surface area contributed by atoms with Crippen LogP contribution in [0.3, 0.4) is 0 Å². The molecule has 1 aliphatic rings. The van der Waals surface area contributed by atoms with E-state index in [1.165, 1.54) is 24.3 Å². The lowest BCUT2D eigenvalue weighted by atomic mass is 10.1. The molecule has 28 heavy (non-hydrogen) atoms. The van der Waals surface area contributed by atoms with Crippen molar-refractivity contribution < 1.29 is 21.8 Å². The summed E-state index contributed by atoms with van der Waals surface area (Å²) in [6.07, 6.45) is -2.06. The topological polar surface area (TPSA) is 20.3 Å². The van der Waals surface area contributed by atoms with Crippen molar-refractivity contribution in [2.45, 2.75) is 35.6 Å².